The largest absolute Gasteiger partial charge is 0.497 e. The first-order valence-corrected chi connectivity index (χ1v) is 6.15. The summed E-state index contributed by atoms with van der Waals surface area (Å²) in [5.41, 5.74) is 1.01. The molecular weight excluding hydrogens is 228 g/mol. The molecule has 1 aliphatic rings. The van der Waals surface area contributed by atoms with Gasteiger partial charge in [0.15, 0.2) is 0 Å². The predicted octanol–water partition coefficient (Wildman–Crippen LogP) is 2.44. The van der Waals surface area contributed by atoms with Crippen LogP contribution >= 0.6 is 0 Å². The van der Waals surface area contributed by atoms with Crippen LogP contribution in [0.1, 0.15) is 12.8 Å². The molecule has 1 unspecified atom stereocenters. The van der Waals surface area contributed by atoms with Crippen LogP contribution in [0.5, 0.6) is 11.5 Å². The van der Waals surface area contributed by atoms with E-state index in [0.29, 0.717) is 0 Å². The normalized spacial score (nSPS) is 19.2. The number of hydrogen-bond acceptors (Lipinski definition) is 4. The zero-order valence-corrected chi connectivity index (χ0v) is 10.8. The summed E-state index contributed by atoms with van der Waals surface area (Å²) in [7, 11) is 3.32. The van der Waals surface area contributed by atoms with E-state index in [4.69, 9.17) is 14.7 Å². The first kappa shape index (κ1) is 12.6. The zero-order chi connectivity index (χ0) is 13.0. The van der Waals surface area contributed by atoms with Crippen molar-refractivity contribution in [3.63, 3.8) is 0 Å². The van der Waals surface area contributed by atoms with Gasteiger partial charge in [-0.2, -0.15) is 5.26 Å². The van der Waals surface area contributed by atoms with Crippen molar-refractivity contribution >= 4 is 5.69 Å². The third-order valence-electron chi connectivity index (χ3n) is 3.33. The minimum atomic E-state index is 0.106. The van der Waals surface area contributed by atoms with Crippen LogP contribution in [-0.2, 0) is 0 Å². The number of nitriles is 1. The number of nitrogens with zero attached hydrogens (tertiary/aromatic N) is 2. The van der Waals surface area contributed by atoms with Crippen molar-refractivity contribution in [3.8, 4) is 17.6 Å². The van der Waals surface area contributed by atoms with Crippen molar-refractivity contribution < 1.29 is 9.47 Å². The highest BCUT2D eigenvalue weighted by Gasteiger charge is 2.22. The zero-order valence-electron chi connectivity index (χ0n) is 10.8. The summed E-state index contributed by atoms with van der Waals surface area (Å²) < 4.78 is 10.6. The smallest absolute Gasteiger partial charge is 0.142 e. The van der Waals surface area contributed by atoms with Gasteiger partial charge in [-0.15, -0.1) is 0 Å². The Labute approximate surface area is 108 Å². The summed E-state index contributed by atoms with van der Waals surface area (Å²) in [6.07, 6.45) is 2.03. The SMILES string of the molecule is COc1ccc(OC)c(N2CCCC(C#N)C2)c1. The standard InChI is InChI=1S/C14H18N2O2/c1-17-12-5-6-14(18-2)13(8-12)16-7-3-4-11(9-15)10-16/h5-6,8,11H,3-4,7,10H2,1-2H3. The van der Waals surface area contributed by atoms with E-state index < -0.39 is 0 Å². The van der Waals surface area contributed by atoms with E-state index in [2.05, 4.69) is 11.0 Å². The molecule has 0 amide bonds. The van der Waals surface area contributed by atoms with E-state index >= 15 is 0 Å². The minimum Gasteiger partial charge on any atom is -0.497 e. The lowest BCUT2D eigenvalue weighted by molar-refractivity contribution is 0.399. The minimum absolute atomic E-state index is 0.106. The number of rotatable bonds is 3. The van der Waals surface area contributed by atoms with Gasteiger partial charge in [0.1, 0.15) is 11.5 Å². The monoisotopic (exact) mass is 246 g/mol. The van der Waals surface area contributed by atoms with Crippen LogP contribution in [0.3, 0.4) is 0 Å². The van der Waals surface area contributed by atoms with E-state index in [1.165, 1.54) is 0 Å². The molecule has 0 aliphatic carbocycles. The summed E-state index contributed by atoms with van der Waals surface area (Å²) >= 11 is 0. The fraction of sp³-hybridized carbons (Fsp3) is 0.500. The molecule has 1 aromatic carbocycles. The molecule has 1 saturated heterocycles. The van der Waals surface area contributed by atoms with E-state index in [9.17, 15) is 0 Å². The average molecular weight is 246 g/mol. The molecule has 0 spiro atoms. The Morgan fingerprint density at radius 3 is 2.83 bits per heavy atom. The van der Waals surface area contributed by atoms with Crippen molar-refractivity contribution in [1.82, 2.24) is 0 Å². The van der Waals surface area contributed by atoms with Crippen molar-refractivity contribution in [2.24, 2.45) is 5.92 Å². The van der Waals surface area contributed by atoms with Gasteiger partial charge in [-0.1, -0.05) is 0 Å². The molecule has 18 heavy (non-hydrogen) atoms. The van der Waals surface area contributed by atoms with Crippen LogP contribution in [0.25, 0.3) is 0 Å². The van der Waals surface area contributed by atoms with E-state index in [0.717, 1.165) is 43.1 Å². The molecule has 0 bridgehead atoms. The average Bonchev–Trinajstić information content (AvgIpc) is 2.46. The maximum absolute atomic E-state index is 9.05. The molecular formula is C14H18N2O2. The Morgan fingerprint density at radius 1 is 1.33 bits per heavy atom. The molecule has 0 N–H and O–H groups in total. The van der Waals surface area contributed by atoms with Gasteiger partial charge in [-0.3, -0.25) is 0 Å². The fourth-order valence-electron chi connectivity index (χ4n) is 2.35. The van der Waals surface area contributed by atoms with E-state index in [-0.39, 0.29) is 5.92 Å². The molecule has 0 aromatic heterocycles. The Morgan fingerprint density at radius 2 is 2.17 bits per heavy atom. The number of ether oxygens (including phenoxy) is 2. The number of anilines is 1. The summed E-state index contributed by atoms with van der Waals surface area (Å²) in [5.74, 6) is 1.74. The second kappa shape index (κ2) is 5.63. The van der Waals surface area contributed by atoms with Gasteiger partial charge in [0.25, 0.3) is 0 Å². The van der Waals surface area contributed by atoms with Gasteiger partial charge in [-0.05, 0) is 25.0 Å². The van der Waals surface area contributed by atoms with Gasteiger partial charge in [-0.25, -0.2) is 0 Å². The molecule has 2 rings (SSSR count). The number of methoxy groups -OCH3 is 2. The van der Waals surface area contributed by atoms with Crippen LogP contribution in [0.4, 0.5) is 5.69 Å². The Bertz CT molecular complexity index is 454. The van der Waals surface area contributed by atoms with Crippen molar-refractivity contribution in [2.75, 3.05) is 32.2 Å². The molecule has 4 heteroatoms. The predicted molar refractivity (Wildman–Crippen MR) is 70.1 cm³/mol. The number of benzene rings is 1. The lowest BCUT2D eigenvalue weighted by Crippen LogP contribution is -2.35. The fourth-order valence-corrected chi connectivity index (χ4v) is 2.35. The third-order valence-corrected chi connectivity index (χ3v) is 3.33. The van der Waals surface area contributed by atoms with Gasteiger partial charge in [0.2, 0.25) is 0 Å². The topological polar surface area (TPSA) is 45.5 Å². The van der Waals surface area contributed by atoms with Crippen LogP contribution in [0.2, 0.25) is 0 Å². The van der Waals surface area contributed by atoms with Crippen molar-refractivity contribution in [2.45, 2.75) is 12.8 Å². The maximum Gasteiger partial charge on any atom is 0.142 e. The van der Waals surface area contributed by atoms with Crippen LogP contribution < -0.4 is 14.4 Å². The second-order valence-corrected chi connectivity index (χ2v) is 4.45. The first-order valence-electron chi connectivity index (χ1n) is 6.15. The molecule has 1 atom stereocenters. The second-order valence-electron chi connectivity index (χ2n) is 4.45. The molecule has 1 fully saturated rings. The quantitative estimate of drug-likeness (QED) is 0.821. The summed E-state index contributed by atoms with van der Waals surface area (Å²) in [5, 5.41) is 9.05. The van der Waals surface area contributed by atoms with Gasteiger partial charge in [0, 0.05) is 19.2 Å². The highest BCUT2D eigenvalue weighted by atomic mass is 16.5. The number of hydrogen-bond donors (Lipinski definition) is 0. The summed E-state index contributed by atoms with van der Waals surface area (Å²) in [4.78, 5) is 2.21. The molecule has 0 saturated carbocycles. The van der Waals surface area contributed by atoms with Crippen LogP contribution in [0, 0.1) is 17.2 Å². The molecule has 1 heterocycles. The molecule has 0 radical (unpaired) electrons. The number of piperidine rings is 1. The van der Waals surface area contributed by atoms with Gasteiger partial charge in [0.05, 0.1) is 31.9 Å². The van der Waals surface area contributed by atoms with Crippen LogP contribution in [-0.4, -0.2) is 27.3 Å². The van der Waals surface area contributed by atoms with Crippen molar-refractivity contribution in [1.29, 1.82) is 5.26 Å². The lowest BCUT2D eigenvalue weighted by atomic mass is 9.99. The summed E-state index contributed by atoms with van der Waals surface area (Å²) in [6, 6.07) is 8.12. The molecule has 1 aliphatic heterocycles. The Balaban J connectivity index is 2.28. The van der Waals surface area contributed by atoms with Crippen LogP contribution in [0.15, 0.2) is 18.2 Å². The van der Waals surface area contributed by atoms with E-state index in [1.807, 2.05) is 18.2 Å². The lowest BCUT2D eigenvalue weighted by Gasteiger charge is -2.32. The molecule has 1 aromatic rings. The maximum atomic E-state index is 9.05. The van der Waals surface area contributed by atoms with Gasteiger partial charge >= 0.3 is 0 Å². The molecule has 96 valence electrons. The first-order chi connectivity index (χ1) is 8.78. The highest BCUT2D eigenvalue weighted by molar-refractivity contribution is 5.62. The summed E-state index contributed by atoms with van der Waals surface area (Å²) in [6.45, 7) is 1.72. The highest BCUT2D eigenvalue weighted by Crippen LogP contribution is 2.34. The Kier molecular flexibility index (Phi) is 3.93. The van der Waals surface area contributed by atoms with Crippen molar-refractivity contribution in [3.05, 3.63) is 18.2 Å². The third kappa shape index (κ3) is 2.51. The van der Waals surface area contributed by atoms with E-state index in [1.54, 1.807) is 14.2 Å². The molecule has 4 nitrogen and oxygen atoms in total. The van der Waals surface area contributed by atoms with Gasteiger partial charge < -0.3 is 14.4 Å². The Hall–Kier alpha value is -1.89.